The summed E-state index contributed by atoms with van der Waals surface area (Å²) in [6.45, 7) is 0. The third kappa shape index (κ3) is 11.9. The highest BCUT2D eigenvalue weighted by molar-refractivity contribution is 5.76. The molecule has 0 bridgehead atoms. The summed E-state index contributed by atoms with van der Waals surface area (Å²) < 4.78 is 5.39. The van der Waals surface area contributed by atoms with Crippen LogP contribution in [0.25, 0.3) is 11.0 Å². The molecule has 2 aromatic rings. The standard InChI is InChI=1S/C29H37NO3/c30-28(31)23-17-15-13-11-9-7-5-3-1-2-4-6-8-10-12-14-16-21-26-24-25-20-18-19-22-27(25)33-29(26)32/h1-2,5-8,11,13,18-20,22,24H,3-4,9-10,12,14-17,21,23H2,(H2,30,31)/b2-1-,7-5-,8-6-,13-11-. The van der Waals surface area contributed by atoms with E-state index in [1.165, 1.54) is 0 Å². The number of rotatable bonds is 16. The predicted molar refractivity (Wildman–Crippen MR) is 138 cm³/mol. The molecule has 176 valence electrons. The van der Waals surface area contributed by atoms with Crippen molar-refractivity contribution < 1.29 is 9.21 Å². The van der Waals surface area contributed by atoms with Gasteiger partial charge in [0.25, 0.3) is 0 Å². The van der Waals surface area contributed by atoms with Crippen LogP contribution in [0.5, 0.6) is 0 Å². The van der Waals surface area contributed by atoms with Crippen molar-refractivity contribution >= 4 is 16.9 Å². The molecule has 1 amide bonds. The molecule has 1 aromatic heterocycles. The van der Waals surface area contributed by atoms with Crippen LogP contribution in [0.15, 0.2) is 88.2 Å². The topological polar surface area (TPSA) is 73.3 Å². The monoisotopic (exact) mass is 447 g/mol. The van der Waals surface area contributed by atoms with E-state index in [9.17, 15) is 9.59 Å². The Labute approximate surface area is 197 Å². The molecular weight excluding hydrogens is 410 g/mol. The zero-order valence-electron chi connectivity index (χ0n) is 19.6. The van der Waals surface area contributed by atoms with Gasteiger partial charge in [-0.15, -0.1) is 0 Å². The van der Waals surface area contributed by atoms with Crippen molar-refractivity contribution in [2.24, 2.45) is 5.73 Å². The maximum Gasteiger partial charge on any atom is 0.339 e. The molecular formula is C29H37NO3. The first-order valence-electron chi connectivity index (χ1n) is 12.1. The van der Waals surface area contributed by atoms with E-state index in [4.69, 9.17) is 10.2 Å². The van der Waals surface area contributed by atoms with Gasteiger partial charge in [-0.05, 0) is 69.9 Å². The lowest BCUT2D eigenvalue weighted by molar-refractivity contribution is -0.118. The first kappa shape index (κ1) is 26.1. The number of unbranched alkanes of at least 4 members (excludes halogenated alkanes) is 4. The van der Waals surface area contributed by atoms with Gasteiger partial charge in [-0.25, -0.2) is 4.79 Å². The zero-order valence-corrected chi connectivity index (χ0v) is 19.6. The molecule has 0 fully saturated rings. The highest BCUT2D eigenvalue weighted by Crippen LogP contribution is 2.14. The summed E-state index contributed by atoms with van der Waals surface area (Å²) in [7, 11) is 0. The van der Waals surface area contributed by atoms with Gasteiger partial charge < -0.3 is 10.2 Å². The molecule has 0 unspecified atom stereocenters. The zero-order chi connectivity index (χ0) is 23.6. The van der Waals surface area contributed by atoms with E-state index >= 15 is 0 Å². The maximum atomic E-state index is 12.1. The highest BCUT2D eigenvalue weighted by Gasteiger charge is 2.04. The molecule has 1 aromatic carbocycles. The van der Waals surface area contributed by atoms with Crippen LogP contribution >= 0.6 is 0 Å². The molecule has 0 aliphatic heterocycles. The lowest BCUT2D eigenvalue weighted by atomic mass is 10.1. The number of primary amides is 1. The Morgan fingerprint density at radius 3 is 2.06 bits per heavy atom. The number of carbonyl (C=O) groups excluding carboxylic acids is 1. The molecule has 0 saturated carbocycles. The van der Waals surface area contributed by atoms with Crippen LogP contribution in [-0.2, 0) is 11.2 Å². The van der Waals surface area contributed by atoms with Crippen molar-refractivity contribution in [3.63, 3.8) is 0 Å². The van der Waals surface area contributed by atoms with Gasteiger partial charge in [0, 0.05) is 17.4 Å². The van der Waals surface area contributed by atoms with Gasteiger partial charge in [0.05, 0.1) is 0 Å². The van der Waals surface area contributed by atoms with Crippen LogP contribution in [-0.4, -0.2) is 5.91 Å². The van der Waals surface area contributed by atoms with Crippen molar-refractivity contribution in [1.29, 1.82) is 0 Å². The summed E-state index contributed by atoms with van der Waals surface area (Å²) in [5.41, 5.74) is 6.33. The average Bonchev–Trinajstić information content (AvgIpc) is 2.80. The Kier molecular flexibility index (Phi) is 13.0. The van der Waals surface area contributed by atoms with E-state index in [0.29, 0.717) is 12.0 Å². The molecule has 33 heavy (non-hydrogen) atoms. The number of nitrogens with two attached hydrogens (primary N) is 1. The van der Waals surface area contributed by atoms with Gasteiger partial charge in [0.1, 0.15) is 5.58 Å². The fourth-order valence-electron chi connectivity index (χ4n) is 3.48. The minimum atomic E-state index is -0.227. The molecule has 1 heterocycles. The van der Waals surface area contributed by atoms with Crippen molar-refractivity contribution in [3.8, 4) is 0 Å². The summed E-state index contributed by atoms with van der Waals surface area (Å²) in [6, 6.07) is 9.62. The molecule has 0 aliphatic rings. The van der Waals surface area contributed by atoms with E-state index in [-0.39, 0.29) is 11.5 Å². The van der Waals surface area contributed by atoms with Gasteiger partial charge in [-0.2, -0.15) is 0 Å². The quantitative estimate of drug-likeness (QED) is 0.172. The SMILES string of the molecule is NC(=O)CCC/C=C\C/C=C\C/C=C\C/C=C\CCCCCc1cc2ccccc2oc1=O. The Hall–Kier alpha value is -3.14. The molecule has 2 N–H and O–H groups in total. The van der Waals surface area contributed by atoms with E-state index in [0.717, 1.165) is 75.2 Å². The minimum Gasteiger partial charge on any atom is -0.423 e. The predicted octanol–water partition coefficient (Wildman–Crippen LogP) is 6.95. The summed E-state index contributed by atoms with van der Waals surface area (Å²) in [4.78, 5) is 22.7. The van der Waals surface area contributed by atoms with E-state index < -0.39 is 0 Å². The Bertz CT molecular complexity index is 1010. The van der Waals surface area contributed by atoms with Crippen molar-refractivity contribution in [2.45, 2.75) is 70.6 Å². The Morgan fingerprint density at radius 2 is 1.39 bits per heavy atom. The van der Waals surface area contributed by atoms with E-state index in [1.54, 1.807) is 0 Å². The summed E-state index contributed by atoms with van der Waals surface area (Å²) in [5.74, 6) is -0.227. The number of benzene rings is 1. The normalized spacial score (nSPS) is 12.2. The van der Waals surface area contributed by atoms with Gasteiger partial charge >= 0.3 is 5.63 Å². The fourth-order valence-corrected chi connectivity index (χ4v) is 3.48. The van der Waals surface area contributed by atoms with Crippen LogP contribution < -0.4 is 11.4 Å². The molecule has 4 heteroatoms. The minimum absolute atomic E-state index is 0.205. The molecule has 2 rings (SSSR count). The van der Waals surface area contributed by atoms with Crippen LogP contribution in [0, 0.1) is 0 Å². The van der Waals surface area contributed by atoms with Crippen LogP contribution in [0.4, 0.5) is 0 Å². The highest BCUT2D eigenvalue weighted by atomic mass is 16.4. The number of fused-ring (bicyclic) bond motifs is 1. The number of para-hydroxylation sites is 1. The summed E-state index contributed by atoms with van der Waals surface area (Å²) >= 11 is 0. The number of amides is 1. The van der Waals surface area contributed by atoms with Crippen LogP contribution in [0.2, 0.25) is 0 Å². The third-order valence-corrected chi connectivity index (χ3v) is 5.31. The van der Waals surface area contributed by atoms with E-state index in [1.807, 2.05) is 30.3 Å². The van der Waals surface area contributed by atoms with Crippen molar-refractivity contribution in [1.82, 2.24) is 0 Å². The first-order chi connectivity index (χ1) is 16.2. The first-order valence-corrected chi connectivity index (χ1v) is 12.1. The lowest BCUT2D eigenvalue weighted by Crippen LogP contribution is -2.09. The molecule has 0 aliphatic carbocycles. The number of aryl methyl sites for hydroxylation is 1. The Morgan fingerprint density at radius 1 is 0.788 bits per heavy atom. The second-order valence-corrected chi connectivity index (χ2v) is 8.15. The number of hydrogen-bond acceptors (Lipinski definition) is 3. The van der Waals surface area contributed by atoms with Crippen LogP contribution in [0.1, 0.15) is 69.8 Å². The van der Waals surface area contributed by atoms with E-state index in [2.05, 4.69) is 48.6 Å². The fraction of sp³-hybridized carbons (Fsp3) is 0.379. The number of allylic oxidation sites excluding steroid dienone is 8. The largest absolute Gasteiger partial charge is 0.423 e. The van der Waals surface area contributed by atoms with Gasteiger partial charge in [0.2, 0.25) is 5.91 Å². The summed E-state index contributed by atoms with van der Waals surface area (Å²) in [6.07, 6.45) is 27.5. The molecule has 0 saturated heterocycles. The van der Waals surface area contributed by atoms with Crippen LogP contribution in [0.3, 0.4) is 0 Å². The molecule has 4 nitrogen and oxygen atoms in total. The molecule has 0 atom stereocenters. The van der Waals surface area contributed by atoms with Crippen molar-refractivity contribution in [3.05, 3.63) is 94.9 Å². The molecule has 0 radical (unpaired) electrons. The maximum absolute atomic E-state index is 12.1. The van der Waals surface area contributed by atoms with Gasteiger partial charge in [-0.3, -0.25) is 4.79 Å². The van der Waals surface area contributed by atoms with Gasteiger partial charge in [0.15, 0.2) is 0 Å². The number of carbonyl (C=O) groups is 1. The van der Waals surface area contributed by atoms with Crippen molar-refractivity contribution in [2.75, 3.05) is 0 Å². The average molecular weight is 448 g/mol. The summed E-state index contributed by atoms with van der Waals surface area (Å²) in [5, 5.41) is 0.990. The molecule has 0 spiro atoms. The smallest absolute Gasteiger partial charge is 0.339 e. The van der Waals surface area contributed by atoms with Gasteiger partial charge in [-0.1, -0.05) is 73.2 Å². The number of hydrogen-bond donors (Lipinski definition) is 1. The second kappa shape index (κ2) is 16.5. The third-order valence-electron chi connectivity index (χ3n) is 5.31. The Balaban J connectivity index is 1.47. The second-order valence-electron chi connectivity index (χ2n) is 8.15. The lowest BCUT2D eigenvalue weighted by Gasteiger charge is -2.02.